The molecule has 1 aliphatic rings. The molecule has 166 valence electrons. The van der Waals surface area contributed by atoms with E-state index in [2.05, 4.69) is 16.7 Å². The molecule has 1 aliphatic heterocycles. The summed E-state index contributed by atoms with van der Waals surface area (Å²) in [6.07, 6.45) is 0. The number of esters is 1. The molecule has 0 saturated carbocycles. The topological polar surface area (TPSA) is 62.3 Å². The number of carbonyl (C=O) groups excluding carboxylic acids is 2. The molecule has 1 heterocycles. The number of carbonyl (C=O) groups is 2. The van der Waals surface area contributed by atoms with Crippen LogP contribution in [0.5, 0.6) is 5.75 Å². The Bertz CT molecular complexity index is 900. The largest absolute Gasteiger partial charge is 0.497 e. The number of amides is 1. The van der Waals surface area contributed by atoms with Gasteiger partial charge in [0.1, 0.15) is 5.75 Å². The summed E-state index contributed by atoms with van der Waals surface area (Å²) in [6, 6.07) is 15.5. The van der Waals surface area contributed by atoms with Crippen LogP contribution in [-0.2, 0) is 16.1 Å². The van der Waals surface area contributed by atoms with Crippen LogP contribution in [0.2, 0.25) is 0 Å². The minimum absolute atomic E-state index is 0.102. The smallest absolute Gasteiger partial charge is 0.337 e. The van der Waals surface area contributed by atoms with E-state index in [9.17, 15) is 9.59 Å². The van der Waals surface area contributed by atoms with Crippen LogP contribution in [0.3, 0.4) is 0 Å². The number of benzene rings is 2. The van der Waals surface area contributed by atoms with E-state index in [1.165, 1.54) is 7.11 Å². The van der Waals surface area contributed by atoms with Crippen molar-refractivity contribution in [2.75, 3.05) is 52.3 Å². The van der Waals surface area contributed by atoms with Crippen LogP contribution < -0.4 is 9.64 Å². The van der Waals surface area contributed by atoms with Gasteiger partial charge in [-0.15, -0.1) is 0 Å². The molecule has 0 aliphatic carbocycles. The van der Waals surface area contributed by atoms with Crippen molar-refractivity contribution in [3.05, 3.63) is 59.7 Å². The number of likely N-dealkylation sites (N-methyl/N-ethyl adjacent to an activating group) is 1. The Morgan fingerprint density at radius 2 is 1.84 bits per heavy atom. The number of anilines is 1. The lowest BCUT2D eigenvalue weighted by Gasteiger charge is -2.41. The molecule has 0 spiro atoms. The SMILES string of the molecule is COC(=O)c1ccc(N2CCN(CC(=O)N(C)Cc3cccc(OC)c3)C(C)C2)cc1. The minimum Gasteiger partial charge on any atom is -0.497 e. The highest BCUT2D eigenvalue weighted by Crippen LogP contribution is 2.20. The number of piperazine rings is 1. The maximum absolute atomic E-state index is 12.8. The molecule has 0 bridgehead atoms. The first-order valence-corrected chi connectivity index (χ1v) is 10.5. The lowest BCUT2D eigenvalue weighted by molar-refractivity contribution is -0.132. The first kappa shape index (κ1) is 22.6. The van der Waals surface area contributed by atoms with E-state index in [0.29, 0.717) is 18.7 Å². The second-order valence-corrected chi connectivity index (χ2v) is 7.91. The average molecular weight is 426 g/mol. The summed E-state index contributed by atoms with van der Waals surface area (Å²) >= 11 is 0. The van der Waals surface area contributed by atoms with Crippen LogP contribution in [0.15, 0.2) is 48.5 Å². The van der Waals surface area contributed by atoms with Crippen molar-refractivity contribution >= 4 is 17.6 Å². The maximum atomic E-state index is 12.8. The van der Waals surface area contributed by atoms with Crippen LogP contribution in [0.4, 0.5) is 5.69 Å². The standard InChI is InChI=1S/C24H31N3O4/c1-18-15-27(21-10-8-20(9-11-21)24(29)31-4)13-12-26(18)17-23(28)25(2)16-19-6-5-7-22(14-19)30-3/h5-11,14,18H,12-13,15-17H2,1-4H3. The molecule has 3 rings (SSSR count). The maximum Gasteiger partial charge on any atom is 0.337 e. The summed E-state index contributed by atoms with van der Waals surface area (Å²) in [6.45, 7) is 5.55. The quantitative estimate of drug-likeness (QED) is 0.636. The number of nitrogens with zero attached hydrogens (tertiary/aromatic N) is 3. The van der Waals surface area contributed by atoms with E-state index in [-0.39, 0.29) is 17.9 Å². The highest BCUT2D eigenvalue weighted by Gasteiger charge is 2.26. The molecule has 7 nitrogen and oxygen atoms in total. The molecular weight excluding hydrogens is 394 g/mol. The van der Waals surface area contributed by atoms with Gasteiger partial charge < -0.3 is 19.3 Å². The zero-order valence-electron chi connectivity index (χ0n) is 18.7. The second kappa shape index (κ2) is 10.3. The van der Waals surface area contributed by atoms with Gasteiger partial charge in [-0.2, -0.15) is 0 Å². The van der Waals surface area contributed by atoms with Crippen molar-refractivity contribution in [3.63, 3.8) is 0 Å². The van der Waals surface area contributed by atoms with Crippen molar-refractivity contribution in [1.82, 2.24) is 9.80 Å². The number of rotatable bonds is 7. The molecule has 1 saturated heterocycles. The minimum atomic E-state index is -0.332. The molecule has 1 unspecified atom stereocenters. The monoisotopic (exact) mass is 425 g/mol. The van der Waals surface area contributed by atoms with Gasteiger partial charge in [0, 0.05) is 45.0 Å². The summed E-state index contributed by atoms with van der Waals surface area (Å²) in [5.74, 6) is 0.564. The van der Waals surface area contributed by atoms with Gasteiger partial charge in [-0.05, 0) is 48.9 Å². The normalized spacial score (nSPS) is 16.6. The highest BCUT2D eigenvalue weighted by atomic mass is 16.5. The van der Waals surface area contributed by atoms with E-state index in [0.717, 1.165) is 36.6 Å². The van der Waals surface area contributed by atoms with E-state index in [1.54, 1.807) is 24.1 Å². The summed E-state index contributed by atoms with van der Waals surface area (Å²) in [5, 5.41) is 0. The van der Waals surface area contributed by atoms with Gasteiger partial charge in [-0.1, -0.05) is 12.1 Å². The Labute approximate surface area is 184 Å². The Morgan fingerprint density at radius 1 is 1.10 bits per heavy atom. The van der Waals surface area contributed by atoms with Crippen LogP contribution in [-0.4, -0.2) is 75.2 Å². The summed E-state index contributed by atoms with van der Waals surface area (Å²) in [7, 11) is 4.86. The molecule has 1 atom stereocenters. The van der Waals surface area contributed by atoms with Crippen molar-refractivity contribution in [2.45, 2.75) is 19.5 Å². The number of hydrogen-bond donors (Lipinski definition) is 0. The van der Waals surface area contributed by atoms with Gasteiger partial charge in [-0.25, -0.2) is 4.79 Å². The predicted molar refractivity (Wildman–Crippen MR) is 120 cm³/mol. The van der Waals surface area contributed by atoms with Crippen molar-refractivity contribution in [3.8, 4) is 5.75 Å². The van der Waals surface area contributed by atoms with Gasteiger partial charge in [0.2, 0.25) is 5.91 Å². The molecule has 0 radical (unpaired) electrons. The van der Waals surface area contributed by atoms with Crippen molar-refractivity contribution in [2.24, 2.45) is 0 Å². The number of ether oxygens (including phenoxy) is 2. The van der Waals surface area contributed by atoms with Crippen LogP contribution in [0, 0.1) is 0 Å². The number of methoxy groups -OCH3 is 2. The second-order valence-electron chi connectivity index (χ2n) is 7.91. The van der Waals surface area contributed by atoms with Crippen molar-refractivity contribution in [1.29, 1.82) is 0 Å². The number of hydrogen-bond acceptors (Lipinski definition) is 6. The lowest BCUT2D eigenvalue weighted by Crippen LogP contribution is -2.54. The van der Waals surface area contributed by atoms with E-state index in [4.69, 9.17) is 9.47 Å². The molecule has 1 fully saturated rings. The third kappa shape index (κ3) is 5.76. The third-order valence-corrected chi connectivity index (χ3v) is 5.74. The molecule has 2 aromatic rings. The van der Waals surface area contributed by atoms with Gasteiger partial charge in [0.25, 0.3) is 0 Å². The predicted octanol–water partition coefficient (Wildman–Crippen LogP) is 2.65. The van der Waals surface area contributed by atoms with Crippen LogP contribution in [0.25, 0.3) is 0 Å². The van der Waals surface area contributed by atoms with E-state index >= 15 is 0 Å². The molecule has 0 N–H and O–H groups in total. The van der Waals surface area contributed by atoms with Crippen LogP contribution >= 0.6 is 0 Å². The third-order valence-electron chi connectivity index (χ3n) is 5.74. The lowest BCUT2D eigenvalue weighted by atomic mass is 10.1. The molecule has 1 amide bonds. The average Bonchev–Trinajstić information content (AvgIpc) is 2.80. The van der Waals surface area contributed by atoms with Gasteiger partial charge in [0.05, 0.1) is 26.3 Å². The van der Waals surface area contributed by atoms with Gasteiger partial charge in [-0.3, -0.25) is 9.69 Å². The highest BCUT2D eigenvalue weighted by molar-refractivity contribution is 5.89. The Kier molecular flexibility index (Phi) is 7.52. The van der Waals surface area contributed by atoms with Crippen molar-refractivity contribution < 1.29 is 19.1 Å². The molecule has 2 aromatic carbocycles. The van der Waals surface area contributed by atoms with Gasteiger partial charge >= 0.3 is 5.97 Å². The summed E-state index contributed by atoms with van der Waals surface area (Å²) < 4.78 is 10.0. The fourth-order valence-electron chi connectivity index (χ4n) is 3.82. The zero-order valence-corrected chi connectivity index (χ0v) is 18.7. The Morgan fingerprint density at radius 3 is 2.48 bits per heavy atom. The Balaban J connectivity index is 1.53. The summed E-state index contributed by atoms with van der Waals surface area (Å²) in [4.78, 5) is 30.7. The van der Waals surface area contributed by atoms with E-state index < -0.39 is 0 Å². The molecule has 31 heavy (non-hydrogen) atoms. The van der Waals surface area contributed by atoms with E-state index in [1.807, 2.05) is 43.4 Å². The fourth-order valence-corrected chi connectivity index (χ4v) is 3.82. The van der Waals surface area contributed by atoms with Gasteiger partial charge in [0.15, 0.2) is 0 Å². The Hall–Kier alpha value is -3.06. The molecule has 7 heteroatoms. The fraction of sp³-hybridized carbons (Fsp3) is 0.417. The zero-order chi connectivity index (χ0) is 22.4. The van der Waals surface area contributed by atoms with Crippen LogP contribution in [0.1, 0.15) is 22.8 Å². The molecule has 0 aromatic heterocycles. The first-order chi connectivity index (χ1) is 14.9. The first-order valence-electron chi connectivity index (χ1n) is 10.5. The molecular formula is C24H31N3O4. The summed E-state index contributed by atoms with van der Waals surface area (Å²) in [5.41, 5.74) is 2.66.